The Labute approximate surface area is 220 Å². The van der Waals surface area contributed by atoms with Gasteiger partial charge in [0, 0.05) is 24.6 Å². The van der Waals surface area contributed by atoms with Crippen molar-refractivity contribution in [2.24, 2.45) is 5.41 Å². The molecule has 0 aliphatic carbocycles. The highest BCUT2D eigenvalue weighted by Crippen LogP contribution is 2.40. The van der Waals surface area contributed by atoms with E-state index in [4.69, 9.17) is 18.9 Å². The Kier molecular flexibility index (Phi) is 8.08. The Morgan fingerprint density at radius 1 is 0.973 bits per heavy atom. The fraction of sp³-hybridized carbons (Fsp3) is 0.567. The van der Waals surface area contributed by atoms with Gasteiger partial charge in [0.2, 0.25) is 5.91 Å². The normalized spacial score (nSPS) is 22.4. The average molecular weight is 509 g/mol. The van der Waals surface area contributed by atoms with E-state index in [1.165, 1.54) is 5.56 Å². The molecule has 2 aromatic carbocycles. The van der Waals surface area contributed by atoms with Crippen molar-refractivity contribution in [3.05, 3.63) is 47.5 Å². The second kappa shape index (κ2) is 11.6. The van der Waals surface area contributed by atoms with Crippen LogP contribution < -0.4 is 24.3 Å². The lowest BCUT2D eigenvalue weighted by atomic mass is 9.73. The molecule has 3 aliphatic heterocycles. The molecule has 0 bridgehead atoms. The molecule has 7 heteroatoms. The molecule has 1 spiro atoms. The molecule has 1 N–H and O–H groups in total. The Balaban J connectivity index is 1.26. The van der Waals surface area contributed by atoms with Crippen molar-refractivity contribution >= 4 is 5.91 Å². The predicted molar refractivity (Wildman–Crippen MR) is 143 cm³/mol. The highest BCUT2D eigenvalue weighted by molar-refractivity contribution is 5.83. The number of nitrogens with one attached hydrogen (secondary N) is 1. The van der Waals surface area contributed by atoms with Gasteiger partial charge >= 0.3 is 0 Å². The van der Waals surface area contributed by atoms with Gasteiger partial charge in [-0.15, -0.1) is 0 Å². The van der Waals surface area contributed by atoms with E-state index >= 15 is 0 Å². The zero-order valence-electron chi connectivity index (χ0n) is 22.2. The molecule has 7 nitrogen and oxygen atoms in total. The maximum absolute atomic E-state index is 13.6. The molecule has 5 rings (SSSR count). The van der Waals surface area contributed by atoms with Gasteiger partial charge < -0.3 is 24.3 Å². The van der Waals surface area contributed by atoms with Crippen LogP contribution >= 0.6 is 0 Å². The van der Waals surface area contributed by atoms with Gasteiger partial charge in [0.1, 0.15) is 18.1 Å². The van der Waals surface area contributed by atoms with E-state index < -0.39 is 0 Å². The molecule has 1 atom stereocenters. The number of hydrogen-bond acceptors (Lipinski definition) is 6. The first-order valence-electron chi connectivity index (χ1n) is 13.8. The van der Waals surface area contributed by atoms with Gasteiger partial charge in [-0.25, -0.2) is 0 Å². The zero-order chi connectivity index (χ0) is 25.7. The summed E-state index contributed by atoms with van der Waals surface area (Å²) in [5, 5.41) is 3.28. The molecule has 1 saturated heterocycles. The first-order valence-corrected chi connectivity index (χ1v) is 13.8. The first-order chi connectivity index (χ1) is 18.1. The zero-order valence-corrected chi connectivity index (χ0v) is 22.2. The van der Waals surface area contributed by atoms with E-state index in [0.717, 1.165) is 93.1 Å². The Morgan fingerprint density at radius 3 is 2.51 bits per heavy atom. The van der Waals surface area contributed by atoms with E-state index in [1.807, 2.05) is 25.1 Å². The van der Waals surface area contributed by atoms with Crippen molar-refractivity contribution in [2.45, 2.75) is 64.5 Å². The van der Waals surface area contributed by atoms with Crippen LogP contribution in [0, 0.1) is 5.41 Å². The van der Waals surface area contributed by atoms with Crippen molar-refractivity contribution in [1.82, 2.24) is 10.2 Å². The van der Waals surface area contributed by atoms with Gasteiger partial charge in [0.15, 0.2) is 11.5 Å². The van der Waals surface area contributed by atoms with Crippen molar-refractivity contribution in [2.75, 3.05) is 40.0 Å². The second-order valence-corrected chi connectivity index (χ2v) is 10.7. The standard InChI is InChI=1S/C30H40N2O5/c1-22-21-37-25-10-4-3-8-23(25)9-5-6-11-30(29(33)31-22)12-14-32(15-13-30)20-24-18-27-28(19-26(24)34-2)36-17-7-16-35-27/h3-4,8,10,18-19,22H,5-7,9,11-17,20-21H2,1-2H3,(H,31,33)/t22-/m1/s1. The quantitative estimate of drug-likeness (QED) is 0.646. The van der Waals surface area contributed by atoms with E-state index in [-0.39, 0.29) is 17.4 Å². The second-order valence-electron chi connectivity index (χ2n) is 10.7. The van der Waals surface area contributed by atoms with E-state index in [1.54, 1.807) is 7.11 Å². The molecular formula is C30H40N2O5. The molecule has 3 aliphatic rings. The Bertz CT molecular complexity index is 1080. The number of carbonyl (C=O) groups excluding carboxylic acids is 1. The third-order valence-electron chi connectivity index (χ3n) is 8.03. The summed E-state index contributed by atoms with van der Waals surface area (Å²) in [6.45, 7) is 6.34. The Hall–Kier alpha value is -2.93. The number of piperidine rings is 1. The van der Waals surface area contributed by atoms with E-state index in [0.29, 0.717) is 19.8 Å². The highest BCUT2D eigenvalue weighted by atomic mass is 16.5. The maximum Gasteiger partial charge on any atom is 0.226 e. The number of fused-ring (bicyclic) bond motifs is 2. The van der Waals surface area contributed by atoms with Crippen LogP contribution in [0.3, 0.4) is 0 Å². The van der Waals surface area contributed by atoms with Crippen LogP contribution in [0.5, 0.6) is 23.0 Å². The number of nitrogens with zero attached hydrogens (tertiary/aromatic N) is 1. The van der Waals surface area contributed by atoms with Gasteiger partial charge in [-0.05, 0) is 69.8 Å². The van der Waals surface area contributed by atoms with Gasteiger partial charge in [-0.2, -0.15) is 0 Å². The molecular weight excluding hydrogens is 468 g/mol. The van der Waals surface area contributed by atoms with Crippen LogP contribution in [0.15, 0.2) is 36.4 Å². The number of para-hydroxylation sites is 1. The minimum atomic E-state index is -0.321. The lowest BCUT2D eigenvalue weighted by Crippen LogP contribution is -2.51. The third-order valence-corrected chi connectivity index (χ3v) is 8.03. The monoisotopic (exact) mass is 508 g/mol. The first kappa shape index (κ1) is 25.7. The lowest BCUT2D eigenvalue weighted by molar-refractivity contribution is -0.135. The fourth-order valence-electron chi connectivity index (χ4n) is 5.78. The summed E-state index contributed by atoms with van der Waals surface area (Å²) in [6.07, 6.45) is 6.59. The number of methoxy groups -OCH3 is 1. The van der Waals surface area contributed by atoms with Crippen molar-refractivity contribution in [3.8, 4) is 23.0 Å². The number of aryl methyl sites for hydroxylation is 1. The molecule has 37 heavy (non-hydrogen) atoms. The van der Waals surface area contributed by atoms with E-state index in [2.05, 4.69) is 28.4 Å². The van der Waals surface area contributed by atoms with Crippen LogP contribution in [0.2, 0.25) is 0 Å². The molecule has 2 aromatic rings. The molecule has 200 valence electrons. The summed E-state index contributed by atoms with van der Waals surface area (Å²) in [5.41, 5.74) is 2.03. The van der Waals surface area contributed by atoms with Gasteiger partial charge in [-0.3, -0.25) is 9.69 Å². The molecule has 1 fully saturated rings. The van der Waals surface area contributed by atoms with Gasteiger partial charge in [-0.1, -0.05) is 24.6 Å². The smallest absolute Gasteiger partial charge is 0.226 e. The summed E-state index contributed by atoms with van der Waals surface area (Å²) < 4.78 is 23.5. The van der Waals surface area contributed by atoms with Gasteiger partial charge in [0.05, 0.1) is 31.8 Å². The minimum Gasteiger partial charge on any atom is -0.496 e. The third kappa shape index (κ3) is 5.98. The maximum atomic E-state index is 13.6. The number of rotatable bonds is 3. The largest absolute Gasteiger partial charge is 0.496 e. The fourth-order valence-corrected chi connectivity index (χ4v) is 5.78. The van der Waals surface area contributed by atoms with Crippen LogP contribution in [-0.2, 0) is 17.8 Å². The summed E-state index contributed by atoms with van der Waals surface area (Å²) in [6, 6.07) is 12.3. The molecule has 0 radical (unpaired) electrons. The van der Waals surface area contributed by atoms with Crippen LogP contribution in [0.25, 0.3) is 0 Å². The van der Waals surface area contributed by atoms with Crippen LogP contribution in [0.4, 0.5) is 0 Å². The van der Waals surface area contributed by atoms with Crippen molar-refractivity contribution < 1.29 is 23.7 Å². The SMILES string of the molecule is COc1cc2c(cc1CN1CCC3(CCCCc4ccccc4OC[C@@H](C)NC3=O)CC1)OCCCO2. The minimum absolute atomic E-state index is 0.0408. The van der Waals surface area contributed by atoms with E-state index in [9.17, 15) is 4.79 Å². The Morgan fingerprint density at radius 2 is 1.73 bits per heavy atom. The number of carbonyl (C=O) groups is 1. The van der Waals surface area contributed by atoms with Crippen molar-refractivity contribution in [1.29, 1.82) is 0 Å². The summed E-state index contributed by atoms with van der Waals surface area (Å²) in [7, 11) is 1.70. The molecule has 0 aromatic heterocycles. The predicted octanol–water partition coefficient (Wildman–Crippen LogP) is 4.75. The van der Waals surface area contributed by atoms with Crippen molar-refractivity contribution in [3.63, 3.8) is 0 Å². The van der Waals surface area contributed by atoms with Crippen LogP contribution in [0.1, 0.15) is 56.6 Å². The number of likely N-dealkylation sites (tertiary alicyclic amines) is 1. The highest BCUT2D eigenvalue weighted by Gasteiger charge is 2.41. The lowest BCUT2D eigenvalue weighted by Gasteiger charge is -2.41. The number of ether oxygens (including phenoxy) is 4. The molecule has 1 amide bonds. The summed E-state index contributed by atoms with van der Waals surface area (Å²) in [5.74, 6) is 3.49. The number of amides is 1. The summed E-state index contributed by atoms with van der Waals surface area (Å²) >= 11 is 0. The number of benzene rings is 2. The van der Waals surface area contributed by atoms with Gasteiger partial charge in [0.25, 0.3) is 0 Å². The molecule has 0 unspecified atom stereocenters. The molecule has 3 heterocycles. The van der Waals surface area contributed by atoms with Crippen LogP contribution in [-0.4, -0.2) is 56.9 Å². The average Bonchev–Trinajstić information content (AvgIpc) is 3.15. The molecule has 0 saturated carbocycles. The summed E-state index contributed by atoms with van der Waals surface area (Å²) in [4.78, 5) is 16.0. The number of hydrogen-bond donors (Lipinski definition) is 1. The topological polar surface area (TPSA) is 69.3 Å².